The Bertz CT molecular complexity index is 455. The predicted octanol–water partition coefficient (Wildman–Crippen LogP) is 4.71. The molecule has 0 aromatic heterocycles. The minimum atomic E-state index is -0.331. The minimum Gasteiger partial charge on any atom is -0.395 e. The quantitative estimate of drug-likeness (QED) is 0.112. The first-order chi connectivity index (χ1) is 13.2. The Hall–Kier alpha value is -1.69. The Morgan fingerprint density at radius 1 is 1.04 bits per heavy atom. The van der Waals surface area contributed by atoms with Gasteiger partial charge in [0.25, 0.3) is 0 Å². The van der Waals surface area contributed by atoms with Crippen molar-refractivity contribution in [3.63, 3.8) is 0 Å². The third-order valence-corrected chi connectivity index (χ3v) is 3.87. The number of aliphatic hydroxyl groups excluding tert-OH is 1. The first kappa shape index (κ1) is 25.3. The van der Waals surface area contributed by atoms with E-state index in [9.17, 15) is 4.79 Å². The first-order valence-electron chi connectivity index (χ1n) is 10.1. The Labute approximate surface area is 164 Å². The van der Waals surface area contributed by atoms with Crippen LogP contribution in [-0.2, 0) is 9.68 Å². The summed E-state index contributed by atoms with van der Waals surface area (Å²) in [5.74, 6) is -0.0174. The number of amides is 1. The molecule has 0 unspecified atom stereocenters. The summed E-state index contributed by atoms with van der Waals surface area (Å²) in [5, 5.41) is 20.2. The summed E-state index contributed by atoms with van der Waals surface area (Å²) in [7, 11) is 0. The highest BCUT2D eigenvalue weighted by atomic mass is 17.1. The molecule has 0 aromatic rings. The van der Waals surface area contributed by atoms with Gasteiger partial charge in [-0.05, 0) is 38.5 Å². The Morgan fingerprint density at radius 3 is 2.56 bits per heavy atom. The summed E-state index contributed by atoms with van der Waals surface area (Å²) in [6, 6.07) is 0. The van der Waals surface area contributed by atoms with E-state index in [0.717, 1.165) is 25.7 Å². The maximum absolute atomic E-state index is 11.3. The van der Waals surface area contributed by atoms with E-state index < -0.39 is 0 Å². The van der Waals surface area contributed by atoms with Gasteiger partial charge in [-0.15, -0.1) is 0 Å². The molecule has 27 heavy (non-hydrogen) atoms. The van der Waals surface area contributed by atoms with Gasteiger partial charge >= 0.3 is 0 Å². The van der Waals surface area contributed by atoms with Crippen LogP contribution in [0, 0.1) is 0 Å². The molecule has 0 aliphatic rings. The summed E-state index contributed by atoms with van der Waals surface area (Å²) in [6.07, 6.45) is 24.1. The highest BCUT2D eigenvalue weighted by Gasteiger charge is 2.00. The Balaban J connectivity index is 3.77. The lowest BCUT2D eigenvalue weighted by molar-refractivity contribution is -0.264. The molecule has 0 aliphatic carbocycles. The van der Waals surface area contributed by atoms with Crippen LogP contribution in [-0.4, -0.2) is 35.5 Å². The van der Waals surface area contributed by atoms with E-state index >= 15 is 0 Å². The number of hydrogen-bond acceptors (Lipinski definition) is 4. The van der Waals surface area contributed by atoms with E-state index in [0.29, 0.717) is 19.4 Å². The maximum atomic E-state index is 11.3. The van der Waals surface area contributed by atoms with E-state index in [1.165, 1.54) is 19.3 Å². The molecular weight excluding hydrogens is 342 g/mol. The van der Waals surface area contributed by atoms with Crippen LogP contribution in [0.4, 0.5) is 0 Å². The van der Waals surface area contributed by atoms with Crippen molar-refractivity contribution in [3.05, 3.63) is 48.6 Å². The average molecular weight is 380 g/mol. The molecule has 0 bridgehead atoms. The molecule has 0 radical (unpaired) electrons. The molecular formula is C22H37NO4. The molecule has 0 saturated carbocycles. The van der Waals surface area contributed by atoms with Gasteiger partial charge in [-0.2, -0.15) is 0 Å². The molecule has 5 nitrogen and oxygen atoms in total. The maximum Gasteiger partial charge on any atom is 0.220 e. The van der Waals surface area contributed by atoms with Crippen molar-refractivity contribution in [2.45, 2.75) is 70.8 Å². The second kappa shape index (κ2) is 20.6. The molecule has 0 spiro atoms. The largest absolute Gasteiger partial charge is 0.395 e. The molecule has 1 atom stereocenters. The van der Waals surface area contributed by atoms with Gasteiger partial charge in [0.15, 0.2) is 0 Å². The fourth-order valence-electron chi connectivity index (χ4n) is 2.32. The summed E-state index contributed by atoms with van der Waals surface area (Å²) in [5.41, 5.74) is 0. The molecule has 3 N–H and O–H groups in total. The van der Waals surface area contributed by atoms with Crippen molar-refractivity contribution >= 4 is 5.91 Å². The number of aliphatic hydroxyl groups is 1. The zero-order valence-corrected chi connectivity index (χ0v) is 16.7. The number of carbonyl (C=O) groups excluding carboxylic acids is 1. The highest BCUT2D eigenvalue weighted by Crippen LogP contribution is 2.04. The molecule has 0 saturated heterocycles. The van der Waals surface area contributed by atoms with Crippen LogP contribution < -0.4 is 5.32 Å². The molecule has 5 heteroatoms. The molecule has 1 amide bonds. The first-order valence-corrected chi connectivity index (χ1v) is 10.1. The van der Waals surface area contributed by atoms with Crippen LogP contribution in [0.2, 0.25) is 0 Å². The Kier molecular flexibility index (Phi) is 19.3. The Morgan fingerprint density at radius 2 is 1.81 bits per heavy atom. The van der Waals surface area contributed by atoms with Crippen molar-refractivity contribution in [1.82, 2.24) is 5.32 Å². The number of carbonyl (C=O) groups is 1. The fourth-order valence-corrected chi connectivity index (χ4v) is 2.32. The molecule has 0 rings (SSSR count). The van der Waals surface area contributed by atoms with Crippen molar-refractivity contribution in [3.8, 4) is 0 Å². The lowest BCUT2D eigenvalue weighted by Gasteiger charge is -2.04. The van der Waals surface area contributed by atoms with Gasteiger partial charge in [-0.1, -0.05) is 68.4 Å². The zero-order chi connectivity index (χ0) is 20.0. The standard InChI is InChI=1S/C22H37NO4/c1-2-3-4-5-7-10-13-16-21(27-26)17-14-11-8-6-9-12-15-18-22(25)23-19-20-24/h6-7,9-11,13-14,16,21,24,26H,2-5,8,12,15,17-20H2,1H3,(H,23,25)/b9-6+,10-7+,14-11+,16-13+/t21-/m1/s1. The van der Waals surface area contributed by atoms with Gasteiger partial charge in [-0.25, -0.2) is 4.89 Å². The van der Waals surface area contributed by atoms with Gasteiger partial charge < -0.3 is 10.4 Å². The van der Waals surface area contributed by atoms with Crippen molar-refractivity contribution in [1.29, 1.82) is 0 Å². The number of allylic oxidation sites excluding steroid dienone is 6. The monoisotopic (exact) mass is 379 g/mol. The normalized spacial score (nSPS) is 13.4. The average Bonchev–Trinajstić information content (AvgIpc) is 2.68. The molecule has 0 heterocycles. The molecule has 154 valence electrons. The van der Waals surface area contributed by atoms with Crippen LogP contribution in [0.5, 0.6) is 0 Å². The number of hydrogen-bond donors (Lipinski definition) is 3. The van der Waals surface area contributed by atoms with Crippen molar-refractivity contribution in [2.24, 2.45) is 0 Å². The topological polar surface area (TPSA) is 78.8 Å². The van der Waals surface area contributed by atoms with E-state index in [1.807, 2.05) is 30.4 Å². The molecule has 0 aliphatic heterocycles. The second-order valence-corrected chi connectivity index (χ2v) is 6.33. The minimum absolute atomic E-state index is 0.0174. The van der Waals surface area contributed by atoms with E-state index in [1.54, 1.807) is 0 Å². The van der Waals surface area contributed by atoms with Gasteiger partial charge in [0.2, 0.25) is 5.91 Å². The van der Waals surface area contributed by atoms with Crippen molar-refractivity contribution in [2.75, 3.05) is 13.2 Å². The van der Waals surface area contributed by atoms with Gasteiger partial charge in [0.1, 0.15) is 6.10 Å². The number of rotatable bonds is 17. The van der Waals surface area contributed by atoms with Crippen LogP contribution in [0.15, 0.2) is 48.6 Å². The van der Waals surface area contributed by atoms with E-state index in [2.05, 4.69) is 35.4 Å². The van der Waals surface area contributed by atoms with Crippen LogP contribution in [0.25, 0.3) is 0 Å². The number of nitrogens with one attached hydrogen (secondary N) is 1. The third kappa shape index (κ3) is 18.9. The smallest absolute Gasteiger partial charge is 0.220 e. The molecule has 0 aromatic carbocycles. The van der Waals surface area contributed by atoms with Crippen LogP contribution >= 0.6 is 0 Å². The number of unbranched alkanes of at least 4 members (excludes halogenated alkanes) is 4. The van der Waals surface area contributed by atoms with E-state index in [4.69, 9.17) is 10.4 Å². The van der Waals surface area contributed by atoms with Crippen molar-refractivity contribution < 1.29 is 20.0 Å². The van der Waals surface area contributed by atoms with Gasteiger partial charge in [0, 0.05) is 13.0 Å². The zero-order valence-electron chi connectivity index (χ0n) is 16.7. The lowest BCUT2D eigenvalue weighted by atomic mass is 10.2. The summed E-state index contributed by atoms with van der Waals surface area (Å²) in [4.78, 5) is 15.8. The molecule has 0 fully saturated rings. The lowest BCUT2D eigenvalue weighted by Crippen LogP contribution is -2.25. The van der Waals surface area contributed by atoms with Crippen LogP contribution in [0.3, 0.4) is 0 Å². The summed E-state index contributed by atoms with van der Waals surface area (Å²) >= 11 is 0. The summed E-state index contributed by atoms with van der Waals surface area (Å²) in [6.45, 7) is 2.49. The second-order valence-electron chi connectivity index (χ2n) is 6.33. The predicted molar refractivity (Wildman–Crippen MR) is 111 cm³/mol. The highest BCUT2D eigenvalue weighted by molar-refractivity contribution is 5.75. The van der Waals surface area contributed by atoms with Gasteiger partial charge in [0.05, 0.1) is 6.61 Å². The van der Waals surface area contributed by atoms with Crippen LogP contribution in [0.1, 0.15) is 64.7 Å². The van der Waals surface area contributed by atoms with E-state index in [-0.39, 0.29) is 18.6 Å². The SMILES string of the molecule is CCCCC/C=C/C=C/[C@H](C/C=C/C/C=C/CCCC(=O)NCCO)OO. The summed E-state index contributed by atoms with van der Waals surface area (Å²) < 4.78 is 0. The van der Waals surface area contributed by atoms with Gasteiger partial charge in [-0.3, -0.25) is 10.1 Å². The third-order valence-electron chi connectivity index (χ3n) is 3.87. The fraction of sp³-hybridized carbons (Fsp3) is 0.591.